The van der Waals surface area contributed by atoms with E-state index >= 15 is 0 Å². The fourth-order valence-electron chi connectivity index (χ4n) is 2.74. The van der Waals surface area contributed by atoms with Gasteiger partial charge in [-0.1, -0.05) is 6.07 Å². The van der Waals surface area contributed by atoms with Gasteiger partial charge in [-0.05, 0) is 49.2 Å². The van der Waals surface area contributed by atoms with Gasteiger partial charge in [-0.25, -0.2) is 4.98 Å². The van der Waals surface area contributed by atoms with Crippen molar-refractivity contribution in [1.29, 1.82) is 0 Å². The van der Waals surface area contributed by atoms with Crippen LogP contribution in [0.3, 0.4) is 0 Å². The zero-order chi connectivity index (χ0) is 14.8. The molecule has 1 unspecified atom stereocenters. The molecule has 0 fully saturated rings. The maximum Gasteiger partial charge on any atom is 0.111 e. The van der Waals surface area contributed by atoms with Crippen molar-refractivity contribution in [3.63, 3.8) is 0 Å². The molecule has 0 spiro atoms. The van der Waals surface area contributed by atoms with Crippen LogP contribution >= 0.6 is 11.6 Å². The van der Waals surface area contributed by atoms with E-state index in [4.69, 9.17) is 16.6 Å². The highest BCUT2D eigenvalue weighted by Gasteiger charge is 2.16. The van der Waals surface area contributed by atoms with Gasteiger partial charge in [0.2, 0.25) is 0 Å². The lowest BCUT2D eigenvalue weighted by atomic mass is 10.1. The minimum Gasteiger partial charge on any atom is -0.321 e. The molecule has 0 saturated carbocycles. The number of benzene rings is 1. The third-order valence-electron chi connectivity index (χ3n) is 3.81. The zero-order valence-corrected chi connectivity index (χ0v) is 13.0. The second-order valence-corrected chi connectivity index (χ2v) is 5.66. The topological polar surface area (TPSA) is 30.7 Å². The molecule has 0 N–H and O–H groups in total. The molecule has 0 aliphatic rings. The highest BCUT2D eigenvalue weighted by molar-refractivity contribution is 6.17. The van der Waals surface area contributed by atoms with Gasteiger partial charge in [-0.3, -0.25) is 4.98 Å². The fraction of sp³-hybridized carbons (Fsp3) is 0.294. The van der Waals surface area contributed by atoms with E-state index in [1.807, 2.05) is 12.4 Å². The number of halogens is 1. The Kier molecular flexibility index (Phi) is 3.93. The van der Waals surface area contributed by atoms with Crippen molar-refractivity contribution >= 4 is 22.6 Å². The van der Waals surface area contributed by atoms with Gasteiger partial charge in [-0.15, -0.1) is 11.6 Å². The van der Waals surface area contributed by atoms with Crippen LogP contribution in [0.5, 0.6) is 0 Å². The molecular formula is C17H18ClN3. The summed E-state index contributed by atoms with van der Waals surface area (Å²) in [6.45, 7) is 4.28. The zero-order valence-electron chi connectivity index (χ0n) is 12.3. The summed E-state index contributed by atoms with van der Waals surface area (Å²) >= 11 is 5.95. The molecule has 21 heavy (non-hydrogen) atoms. The Morgan fingerprint density at radius 2 is 1.95 bits per heavy atom. The molecule has 2 aromatic heterocycles. The van der Waals surface area contributed by atoms with Gasteiger partial charge in [-0.2, -0.15) is 0 Å². The molecule has 2 heterocycles. The summed E-state index contributed by atoms with van der Waals surface area (Å²) in [6, 6.07) is 10.7. The van der Waals surface area contributed by atoms with Crippen molar-refractivity contribution in [3.8, 4) is 0 Å². The maximum atomic E-state index is 5.95. The molecule has 3 aromatic rings. The van der Waals surface area contributed by atoms with E-state index in [-0.39, 0.29) is 6.04 Å². The Morgan fingerprint density at radius 3 is 2.67 bits per heavy atom. The normalized spacial score (nSPS) is 12.7. The van der Waals surface area contributed by atoms with Crippen LogP contribution in [0.15, 0.2) is 42.7 Å². The molecule has 1 atom stereocenters. The van der Waals surface area contributed by atoms with Crippen LogP contribution in [-0.4, -0.2) is 20.4 Å². The van der Waals surface area contributed by atoms with E-state index in [1.165, 1.54) is 11.1 Å². The minimum atomic E-state index is 0.207. The number of hydrogen-bond acceptors (Lipinski definition) is 2. The summed E-state index contributed by atoms with van der Waals surface area (Å²) in [6.07, 6.45) is 4.43. The van der Waals surface area contributed by atoms with Gasteiger partial charge in [0.05, 0.1) is 17.1 Å². The first-order valence-corrected chi connectivity index (χ1v) is 7.67. The van der Waals surface area contributed by atoms with Crippen LogP contribution in [0.4, 0.5) is 0 Å². The first kappa shape index (κ1) is 14.1. The lowest BCUT2D eigenvalue weighted by Crippen LogP contribution is -2.11. The van der Waals surface area contributed by atoms with E-state index in [0.29, 0.717) is 5.88 Å². The van der Waals surface area contributed by atoms with Gasteiger partial charge < -0.3 is 4.57 Å². The molecule has 0 saturated heterocycles. The van der Waals surface area contributed by atoms with Crippen LogP contribution in [-0.2, 0) is 6.42 Å². The summed E-state index contributed by atoms with van der Waals surface area (Å²) in [5.41, 5.74) is 4.64. The second-order valence-electron chi connectivity index (χ2n) is 5.29. The van der Waals surface area contributed by atoms with E-state index < -0.39 is 0 Å². The standard InChI is InChI=1S/C17H18ClN3/c1-12-3-4-16-15(11-12)20-17(5-8-18)21(16)13(2)14-6-9-19-10-7-14/h3-4,6-7,9-11,13H,5,8H2,1-2H3. The largest absolute Gasteiger partial charge is 0.321 e. The quantitative estimate of drug-likeness (QED) is 0.678. The van der Waals surface area contributed by atoms with Crippen LogP contribution in [0, 0.1) is 6.92 Å². The predicted molar refractivity (Wildman–Crippen MR) is 86.9 cm³/mol. The maximum absolute atomic E-state index is 5.95. The Balaban J connectivity index is 2.17. The van der Waals surface area contributed by atoms with Gasteiger partial charge in [0.15, 0.2) is 0 Å². The molecule has 1 aromatic carbocycles. The number of aryl methyl sites for hydroxylation is 2. The minimum absolute atomic E-state index is 0.207. The Morgan fingerprint density at radius 1 is 1.19 bits per heavy atom. The number of hydrogen-bond donors (Lipinski definition) is 0. The molecule has 0 bridgehead atoms. The van der Waals surface area contributed by atoms with Gasteiger partial charge >= 0.3 is 0 Å². The van der Waals surface area contributed by atoms with Crippen LogP contribution in [0.25, 0.3) is 11.0 Å². The molecule has 4 heteroatoms. The lowest BCUT2D eigenvalue weighted by Gasteiger charge is -2.17. The average Bonchev–Trinajstić information content (AvgIpc) is 2.85. The highest BCUT2D eigenvalue weighted by Crippen LogP contribution is 2.26. The van der Waals surface area contributed by atoms with Crippen LogP contribution < -0.4 is 0 Å². The Hall–Kier alpha value is -1.87. The lowest BCUT2D eigenvalue weighted by molar-refractivity contribution is 0.623. The number of alkyl halides is 1. The van der Waals surface area contributed by atoms with E-state index in [0.717, 1.165) is 23.3 Å². The first-order valence-electron chi connectivity index (χ1n) is 7.14. The van der Waals surface area contributed by atoms with Crippen molar-refractivity contribution < 1.29 is 0 Å². The number of nitrogens with zero attached hydrogens (tertiary/aromatic N) is 3. The van der Waals surface area contributed by atoms with Crippen molar-refractivity contribution in [2.24, 2.45) is 0 Å². The monoisotopic (exact) mass is 299 g/mol. The number of pyridine rings is 1. The van der Waals surface area contributed by atoms with Crippen molar-refractivity contribution in [1.82, 2.24) is 14.5 Å². The summed E-state index contributed by atoms with van der Waals surface area (Å²) in [5.74, 6) is 1.61. The highest BCUT2D eigenvalue weighted by atomic mass is 35.5. The van der Waals surface area contributed by atoms with Crippen molar-refractivity contribution in [2.45, 2.75) is 26.3 Å². The third kappa shape index (κ3) is 2.66. The molecular weight excluding hydrogens is 282 g/mol. The molecule has 0 amide bonds. The first-order chi connectivity index (χ1) is 10.2. The van der Waals surface area contributed by atoms with Gasteiger partial charge in [0, 0.05) is 24.7 Å². The van der Waals surface area contributed by atoms with E-state index in [2.05, 4.69) is 53.7 Å². The summed E-state index contributed by atoms with van der Waals surface area (Å²) in [5, 5.41) is 0. The number of rotatable bonds is 4. The molecule has 0 aliphatic heterocycles. The predicted octanol–water partition coefficient (Wildman–Crippen LogP) is 4.13. The number of imidazole rings is 1. The van der Waals surface area contributed by atoms with E-state index in [9.17, 15) is 0 Å². The summed E-state index contributed by atoms with van der Waals surface area (Å²) in [4.78, 5) is 8.87. The SMILES string of the molecule is Cc1ccc2c(c1)nc(CCCl)n2C(C)c1ccncc1. The molecule has 3 nitrogen and oxygen atoms in total. The summed E-state index contributed by atoms with van der Waals surface area (Å²) in [7, 11) is 0. The Bertz CT molecular complexity index is 749. The van der Waals surface area contributed by atoms with Crippen LogP contribution in [0.1, 0.15) is 29.9 Å². The fourth-order valence-corrected chi connectivity index (χ4v) is 2.91. The molecule has 108 valence electrons. The van der Waals surface area contributed by atoms with Crippen molar-refractivity contribution in [3.05, 3.63) is 59.7 Å². The smallest absolute Gasteiger partial charge is 0.111 e. The third-order valence-corrected chi connectivity index (χ3v) is 4.00. The summed E-state index contributed by atoms with van der Waals surface area (Å²) < 4.78 is 2.28. The molecule has 3 rings (SSSR count). The van der Waals surface area contributed by atoms with Crippen molar-refractivity contribution in [2.75, 3.05) is 5.88 Å². The average molecular weight is 300 g/mol. The number of aromatic nitrogens is 3. The number of fused-ring (bicyclic) bond motifs is 1. The van der Waals surface area contributed by atoms with Gasteiger partial charge in [0.25, 0.3) is 0 Å². The molecule has 0 aliphatic carbocycles. The van der Waals surface area contributed by atoms with Gasteiger partial charge in [0.1, 0.15) is 5.82 Å². The molecule has 0 radical (unpaired) electrons. The van der Waals surface area contributed by atoms with Crippen LogP contribution in [0.2, 0.25) is 0 Å². The second kappa shape index (κ2) is 5.86. The Labute approximate surface area is 129 Å². The van der Waals surface area contributed by atoms with E-state index in [1.54, 1.807) is 0 Å².